The van der Waals surface area contributed by atoms with E-state index < -0.39 is 12.5 Å². The first-order chi connectivity index (χ1) is 9.12. The number of nitrogens with zero attached hydrogens (tertiary/aromatic N) is 2. The van der Waals surface area contributed by atoms with E-state index in [-0.39, 0.29) is 0 Å². The molecule has 0 aromatic carbocycles. The molecule has 5 nitrogen and oxygen atoms in total. The van der Waals surface area contributed by atoms with Gasteiger partial charge in [-0.1, -0.05) is 0 Å². The Morgan fingerprint density at radius 2 is 1.90 bits per heavy atom. The van der Waals surface area contributed by atoms with E-state index in [1.807, 2.05) is 11.6 Å². The number of nitrogens with one attached hydrogen (secondary N) is 1. The van der Waals surface area contributed by atoms with Gasteiger partial charge in [0.25, 0.3) is 0 Å². The number of rotatable bonds is 4. The molecule has 0 atom stereocenters. The van der Waals surface area contributed by atoms with E-state index in [9.17, 15) is 13.2 Å². The van der Waals surface area contributed by atoms with E-state index in [0.29, 0.717) is 12.6 Å². The van der Waals surface area contributed by atoms with E-state index in [0.717, 1.165) is 17.9 Å². The Morgan fingerprint density at radius 1 is 1.40 bits per heavy atom. The van der Waals surface area contributed by atoms with Gasteiger partial charge in [0.1, 0.15) is 0 Å². The predicted octanol–water partition coefficient (Wildman–Crippen LogP) is 2.03. The summed E-state index contributed by atoms with van der Waals surface area (Å²) in [6.45, 7) is 9.75. The number of aldehydes is 1. The minimum absolute atomic E-state index is 0.433. The highest BCUT2D eigenvalue weighted by atomic mass is 19.4. The highest BCUT2D eigenvalue weighted by Gasteiger charge is 2.24. The fourth-order valence-corrected chi connectivity index (χ4v) is 1.53. The number of anilines is 1. The molecule has 1 heterocycles. The monoisotopic (exact) mass is 294 g/mol. The van der Waals surface area contributed by atoms with Gasteiger partial charge in [-0.25, -0.2) is 0 Å². The number of halogens is 3. The van der Waals surface area contributed by atoms with Crippen molar-refractivity contribution in [3.63, 3.8) is 0 Å². The normalized spacial score (nSPS) is 11.1. The molecule has 0 radical (unpaired) electrons. The number of nitrogens with two attached hydrogens (primary N) is 1. The number of carbonyl (C=O) groups excluding carboxylic acids is 1. The lowest BCUT2D eigenvalue weighted by Gasteiger charge is -2.10. The van der Waals surface area contributed by atoms with Crippen molar-refractivity contribution >= 4 is 12.0 Å². The van der Waals surface area contributed by atoms with Crippen LogP contribution in [-0.2, 0) is 11.3 Å². The van der Waals surface area contributed by atoms with Crippen LogP contribution in [0.1, 0.15) is 25.2 Å². The Balaban J connectivity index is 0.000000511. The van der Waals surface area contributed by atoms with Gasteiger partial charge in [-0.15, -0.1) is 0 Å². The lowest BCUT2D eigenvalue weighted by Crippen LogP contribution is -2.13. The Bertz CT molecular complexity index is 427. The summed E-state index contributed by atoms with van der Waals surface area (Å²) >= 11 is 0. The average Bonchev–Trinajstić information content (AvgIpc) is 2.57. The summed E-state index contributed by atoms with van der Waals surface area (Å²) in [6, 6.07) is 0.433. The molecule has 116 valence electrons. The summed E-state index contributed by atoms with van der Waals surface area (Å²) in [5.41, 5.74) is 8.87. The van der Waals surface area contributed by atoms with Crippen molar-refractivity contribution in [3.8, 4) is 0 Å². The fourth-order valence-electron chi connectivity index (χ4n) is 1.53. The molecule has 0 spiro atoms. The van der Waals surface area contributed by atoms with Crippen LogP contribution in [-0.4, -0.2) is 34.8 Å². The van der Waals surface area contributed by atoms with Crippen LogP contribution >= 0.6 is 0 Å². The third-order valence-electron chi connectivity index (χ3n) is 2.29. The van der Waals surface area contributed by atoms with Crippen LogP contribution in [0.4, 0.5) is 18.9 Å². The van der Waals surface area contributed by atoms with Crippen molar-refractivity contribution in [1.29, 1.82) is 0 Å². The van der Waals surface area contributed by atoms with Gasteiger partial charge in [0.2, 0.25) is 6.29 Å². The van der Waals surface area contributed by atoms with Crippen molar-refractivity contribution in [2.75, 3.05) is 11.9 Å². The van der Waals surface area contributed by atoms with Crippen LogP contribution in [0, 0.1) is 13.8 Å². The molecule has 8 heteroatoms. The number of carbonyl (C=O) groups is 1. The Labute approximate surface area is 116 Å². The van der Waals surface area contributed by atoms with Crippen molar-refractivity contribution < 1.29 is 18.0 Å². The zero-order valence-corrected chi connectivity index (χ0v) is 12.1. The number of aromatic nitrogens is 2. The van der Waals surface area contributed by atoms with Gasteiger partial charge in [-0.05, 0) is 27.7 Å². The lowest BCUT2D eigenvalue weighted by molar-refractivity contribution is -0.156. The molecule has 3 N–H and O–H groups in total. The molecule has 0 saturated heterocycles. The third kappa shape index (κ3) is 6.55. The number of hydrogen-bond donors (Lipinski definition) is 2. The molecule has 1 rings (SSSR count). The topological polar surface area (TPSA) is 72.9 Å². The highest BCUT2D eigenvalue weighted by molar-refractivity contribution is 5.56. The van der Waals surface area contributed by atoms with Crippen LogP contribution in [0.15, 0.2) is 0 Å². The van der Waals surface area contributed by atoms with Crippen molar-refractivity contribution in [2.24, 2.45) is 5.73 Å². The van der Waals surface area contributed by atoms with Gasteiger partial charge < -0.3 is 11.1 Å². The lowest BCUT2D eigenvalue weighted by atomic mass is 10.3. The van der Waals surface area contributed by atoms with E-state index in [4.69, 9.17) is 10.5 Å². The molecule has 0 aliphatic rings. The zero-order chi connectivity index (χ0) is 15.9. The molecule has 0 fully saturated rings. The number of hydrogen-bond acceptors (Lipinski definition) is 4. The van der Waals surface area contributed by atoms with E-state index in [2.05, 4.69) is 31.2 Å². The number of aryl methyl sites for hydroxylation is 1. The first-order valence-corrected chi connectivity index (χ1v) is 6.16. The maximum atomic E-state index is 10.4. The summed E-state index contributed by atoms with van der Waals surface area (Å²) in [5.74, 6) is 0. The predicted molar refractivity (Wildman–Crippen MR) is 71.6 cm³/mol. The molecule has 0 saturated carbocycles. The minimum atomic E-state index is -4.64. The molecular weight excluding hydrogens is 273 g/mol. The van der Waals surface area contributed by atoms with Crippen molar-refractivity contribution in [2.45, 2.75) is 46.5 Å². The molecule has 0 bridgehead atoms. The third-order valence-corrected chi connectivity index (χ3v) is 2.29. The first kappa shape index (κ1) is 18.4. The fraction of sp³-hybridized carbons (Fsp3) is 0.667. The van der Waals surface area contributed by atoms with Gasteiger partial charge in [0, 0.05) is 12.6 Å². The van der Waals surface area contributed by atoms with Gasteiger partial charge >= 0.3 is 6.18 Å². The summed E-state index contributed by atoms with van der Waals surface area (Å²) < 4.78 is 33.2. The summed E-state index contributed by atoms with van der Waals surface area (Å²) in [6.07, 6.45) is -5.70. The second kappa shape index (κ2) is 7.88. The Kier molecular flexibility index (Phi) is 7.26. The highest BCUT2D eigenvalue weighted by Crippen LogP contribution is 2.19. The molecule has 20 heavy (non-hydrogen) atoms. The molecule has 0 aliphatic carbocycles. The van der Waals surface area contributed by atoms with Crippen LogP contribution in [0.25, 0.3) is 0 Å². The first-order valence-electron chi connectivity index (χ1n) is 6.16. The van der Waals surface area contributed by atoms with Gasteiger partial charge in [-0.2, -0.15) is 18.3 Å². The van der Waals surface area contributed by atoms with E-state index in [1.165, 1.54) is 5.69 Å². The minimum Gasteiger partial charge on any atom is -0.380 e. The molecule has 0 aliphatic heterocycles. The average molecular weight is 294 g/mol. The number of alkyl halides is 3. The molecular formula is C12H21F3N4O. The summed E-state index contributed by atoms with van der Waals surface area (Å²) in [7, 11) is 0. The zero-order valence-electron chi connectivity index (χ0n) is 12.1. The molecule has 1 aromatic heterocycles. The van der Waals surface area contributed by atoms with Crippen molar-refractivity contribution in [1.82, 2.24) is 9.78 Å². The second-order valence-corrected chi connectivity index (χ2v) is 4.52. The van der Waals surface area contributed by atoms with E-state index >= 15 is 0 Å². The van der Waals surface area contributed by atoms with Crippen molar-refractivity contribution in [3.05, 3.63) is 11.4 Å². The summed E-state index contributed by atoms with van der Waals surface area (Å²) in [5, 5.41) is 7.82. The maximum absolute atomic E-state index is 10.4. The van der Waals surface area contributed by atoms with Gasteiger partial charge in [0.05, 0.1) is 23.6 Å². The van der Waals surface area contributed by atoms with Crippen LogP contribution in [0.3, 0.4) is 0 Å². The van der Waals surface area contributed by atoms with Crippen LogP contribution < -0.4 is 11.1 Å². The Hall–Kier alpha value is -1.57. The quantitative estimate of drug-likeness (QED) is 0.833. The standard InChI is InChI=1S/C10H20N4.C2HF3O/c1-7(2)12-10-8(3)13-14(6-5-11)9(10)4;3-2(4,5)1-6/h7,12H,5-6,11H2,1-4H3;1H. The van der Waals surface area contributed by atoms with Gasteiger partial charge in [0.15, 0.2) is 0 Å². The maximum Gasteiger partial charge on any atom is 0.446 e. The largest absolute Gasteiger partial charge is 0.446 e. The van der Waals surface area contributed by atoms with Crippen LogP contribution in [0.5, 0.6) is 0 Å². The molecule has 0 unspecified atom stereocenters. The molecule has 0 amide bonds. The SMILES string of the molecule is Cc1nn(CCN)c(C)c1NC(C)C.O=CC(F)(F)F. The summed E-state index contributed by atoms with van der Waals surface area (Å²) in [4.78, 5) is 8.70. The smallest absolute Gasteiger partial charge is 0.380 e. The van der Waals surface area contributed by atoms with Gasteiger partial charge in [-0.3, -0.25) is 9.48 Å². The van der Waals surface area contributed by atoms with Crippen LogP contribution in [0.2, 0.25) is 0 Å². The molecule has 1 aromatic rings. The Morgan fingerprint density at radius 3 is 2.25 bits per heavy atom. The van der Waals surface area contributed by atoms with E-state index in [1.54, 1.807) is 0 Å². The second-order valence-electron chi connectivity index (χ2n) is 4.52.